The van der Waals surface area contributed by atoms with Crippen molar-refractivity contribution in [3.8, 4) is 0 Å². The first-order valence-electron chi connectivity index (χ1n) is 5.55. The molecule has 0 bridgehead atoms. The number of thiophene rings is 1. The quantitative estimate of drug-likeness (QED) is 0.922. The van der Waals surface area contributed by atoms with E-state index in [1.807, 2.05) is 17.9 Å². The second-order valence-electron chi connectivity index (χ2n) is 3.81. The van der Waals surface area contributed by atoms with E-state index < -0.39 is 0 Å². The monoisotopic (exact) mass is 314 g/mol. The third kappa shape index (κ3) is 2.94. The maximum atomic E-state index is 4.00. The number of nitrogens with zero attached hydrogens (tertiary/aromatic N) is 3. The predicted molar refractivity (Wildman–Crippen MR) is 73.2 cm³/mol. The molecule has 4 nitrogen and oxygen atoms in total. The highest BCUT2D eigenvalue weighted by Gasteiger charge is 2.18. The SMILES string of the molecule is CCCNC(c1ccc(Br)s1)c1cnnn1C. The normalized spacial score (nSPS) is 12.9. The van der Waals surface area contributed by atoms with Crippen LogP contribution in [0, 0.1) is 0 Å². The predicted octanol–water partition coefficient (Wildman–Crippen LogP) is 2.73. The minimum absolute atomic E-state index is 0.172. The fourth-order valence-corrected chi connectivity index (χ4v) is 3.19. The van der Waals surface area contributed by atoms with Crippen molar-refractivity contribution in [3.05, 3.63) is 32.7 Å². The molecule has 1 unspecified atom stereocenters. The van der Waals surface area contributed by atoms with Gasteiger partial charge in [-0.3, -0.25) is 4.68 Å². The van der Waals surface area contributed by atoms with E-state index in [2.05, 4.69) is 50.6 Å². The van der Waals surface area contributed by atoms with Crippen molar-refractivity contribution in [2.45, 2.75) is 19.4 Å². The van der Waals surface area contributed by atoms with Gasteiger partial charge in [0.05, 0.1) is 21.7 Å². The molecule has 0 spiro atoms. The number of hydrogen-bond acceptors (Lipinski definition) is 4. The molecular formula is C11H15BrN4S. The Labute approximate surface area is 113 Å². The number of rotatable bonds is 5. The third-order valence-electron chi connectivity index (χ3n) is 2.52. The van der Waals surface area contributed by atoms with Gasteiger partial charge in [0.15, 0.2) is 0 Å². The molecule has 2 aromatic rings. The van der Waals surface area contributed by atoms with E-state index in [9.17, 15) is 0 Å². The molecule has 2 aromatic heterocycles. The smallest absolute Gasteiger partial charge is 0.0858 e. The van der Waals surface area contributed by atoms with E-state index in [1.165, 1.54) is 4.88 Å². The zero-order valence-corrected chi connectivity index (χ0v) is 12.3. The molecule has 17 heavy (non-hydrogen) atoms. The van der Waals surface area contributed by atoms with Gasteiger partial charge < -0.3 is 5.32 Å². The van der Waals surface area contributed by atoms with Gasteiger partial charge in [0.1, 0.15) is 0 Å². The molecule has 0 radical (unpaired) electrons. The highest BCUT2D eigenvalue weighted by molar-refractivity contribution is 9.11. The van der Waals surface area contributed by atoms with E-state index >= 15 is 0 Å². The maximum Gasteiger partial charge on any atom is 0.0858 e. The van der Waals surface area contributed by atoms with Crippen molar-refractivity contribution < 1.29 is 0 Å². The van der Waals surface area contributed by atoms with E-state index in [4.69, 9.17) is 0 Å². The average molecular weight is 315 g/mol. The van der Waals surface area contributed by atoms with Crippen LogP contribution in [0.2, 0.25) is 0 Å². The largest absolute Gasteiger partial charge is 0.304 e. The summed E-state index contributed by atoms with van der Waals surface area (Å²) < 4.78 is 2.96. The summed E-state index contributed by atoms with van der Waals surface area (Å²) in [7, 11) is 1.92. The Bertz CT molecular complexity index is 479. The van der Waals surface area contributed by atoms with Crippen LogP contribution in [0.15, 0.2) is 22.1 Å². The molecule has 2 rings (SSSR count). The highest BCUT2D eigenvalue weighted by Crippen LogP contribution is 2.30. The first-order chi connectivity index (χ1) is 8.22. The van der Waals surface area contributed by atoms with E-state index in [0.717, 1.165) is 22.4 Å². The Hall–Kier alpha value is -0.720. The van der Waals surface area contributed by atoms with Crippen LogP contribution in [0.25, 0.3) is 0 Å². The minimum atomic E-state index is 0.172. The Morgan fingerprint density at radius 3 is 2.88 bits per heavy atom. The van der Waals surface area contributed by atoms with E-state index in [1.54, 1.807) is 11.3 Å². The van der Waals surface area contributed by atoms with Gasteiger partial charge in [-0.05, 0) is 41.0 Å². The number of nitrogens with one attached hydrogen (secondary N) is 1. The molecule has 0 aliphatic rings. The number of hydrogen-bond donors (Lipinski definition) is 1. The van der Waals surface area contributed by atoms with Crippen LogP contribution < -0.4 is 5.32 Å². The van der Waals surface area contributed by atoms with Gasteiger partial charge in [-0.1, -0.05) is 12.1 Å². The second-order valence-corrected chi connectivity index (χ2v) is 6.31. The van der Waals surface area contributed by atoms with Crippen LogP contribution in [-0.2, 0) is 7.05 Å². The van der Waals surface area contributed by atoms with Crippen molar-refractivity contribution in [2.24, 2.45) is 7.05 Å². The van der Waals surface area contributed by atoms with Crippen LogP contribution in [0.1, 0.15) is 30.0 Å². The second kappa shape index (κ2) is 5.75. The lowest BCUT2D eigenvalue weighted by Gasteiger charge is -2.16. The zero-order valence-electron chi connectivity index (χ0n) is 9.85. The number of aryl methyl sites for hydroxylation is 1. The molecule has 0 aliphatic carbocycles. The summed E-state index contributed by atoms with van der Waals surface area (Å²) in [6.45, 7) is 3.14. The van der Waals surface area contributed by atoms with Crippen LogP contribution in [0.4, 0.5) is 0 Å². The molecule has 1 atom stereocenters. The molecule has 6 heteroatoms. The Kier molecular flexibility index (Phi) is 4.31. The number of halogens is 1. The topological polar surface area (TPSA) is 42.7 Å². The molecular weight excluding hydrogens is 300 g/mol. The maximum absolute atomic E-state index is 4.00. The van der Waals surface area contributed by atoms with E-state index in [0.29, 0.717) is 0 Å². The van der Waals surface area contributed by atoms with Gasteiger partial charge in [-0.2, -0.15) is 0 Å². The number of aromatic nitrogens is 3. The minimum Gasteiger partial charge on any atom is -0.304 e. The van der Waals surface area contributed by atoms with Crippen molar-refractivity contribution in [1.82, 2.24) is 20.3 Å². The molecule has 2 heterocycles. The first-order valence-corrected chi connectivity index (χ1v) is 7.16. The van der Waals surface area contributed by atoms with Gasteiger partial charge in [-0.15, -0.1) is 16.4 Å². The Balaban J connectivity index is 2.28. The van der Waals surface area contributed by atoms with Gasteiger partial charge in [0.25, 0.3) is 0 Å². The molecule has 0 saturated carbocycles. The van der Waals surface area contributed by atoms with Crippen LogP contribution in [0.3, 0.4) is 0 Å². The lowest BCUT2D eigenvalue weighted by atomic mass is 10.2. The lowest BCUT2D eigenvalue weighted by molar-refractivity contribution is 0.556. The molecule has 0 fully saturated rings. The van der Waals surface area contributed by atoms with Crippen LogP contribution >= 0.6 is 27.3 Å². The standard InChI is InChI=1S/C11H15BrN4S/c1-3-6-13-11(8-7-14-15-16(8)2)9-4-5-10(12)17-9/h4-5,7,11,13H,3,6H2,1-2H3. The van der Waals surface area contributed by atoms with Crippen molar-refractivity contribution >= 4 is 27.3 Å². The Morgan fingerprint density at radius 2 is 2.35 bits per heavy atom. The molecule has 0 aromatic carbocycles. The summed E-state index contributed by atoms with van der Waals surface area (Å²) >= 11 is 5.24. The molecule has 0 saturated heterocycles. The van der Waals surface area contributed by atoms with Crippen molar-refractivity contribution in [1.29, 1.82) is 0 Å². The highest BCUT2D eigenvalue weighted by atomic mass is 79.9. The van der Waals surface area contributed by atoms with Crippen molar-refractivity contribution in [2.75, 3.05) is 6.54 Å². The van der Waals surface area contributed by atoms with E-state index in [-0.39, 0.29) is 6.04 Å². The third-order valence-corrected chi connectivity index (χ3v) is 4.21. The van der Waals surface area contributed by atoms with Crippen LogP contribution in [-0.4, -0.2) is 21.5 Å². The summed E-state index contributed by atoms with van der Waals surface area (Å²) in [6.07, 6.45) is 2.93. The lowest BCUT2D eigenvalue weighted by Crippen LogP contribution is -2.24. The summed E-state index contributed by atoms with van der Waals surface area (Å²) in [5.41, 5.74) is 1.09. The summed E-state index contributed by atoms with van der Waals surface area (Å²) in [5, 5.41) is 11.5. The first kappa shape index (κ1) is 12.7. The zero-order chi connectivity index (χ0) is 12.3. The molecule has 0 amide bonds. The van der Waals surface area contributed by atoms with Gasteiger partial charge in [0, 0.05) is 11.9 Å². The van der Waals surface area contributed by atoms with Gasteiger partial charge in [-0.25, -0.2) is 0 Å². The molecule has 0 aliphatic heterocycles. The fraction of sp³-hybridized carbons (Fsp3) is 0.455. The van der Waals surface area contributed by atoms with Gasteiger partial charge in [0.2, 0.25) is 0 Å². The summed E-state index contributed by atoms with van der Waals surface area (Å²) in [5.74, 6) is 0. The fourth-order valence-electron chi connectivity index (χ4n) is 1.68. The summed E-state index contributed by atoms with van der Waals surface area (Å²) in [6, 6.07) is 4.38. The average Bonchev–Trinajstić information content (AvgIpc) is 2.90. The summed E-state index contributed by atoms with van der Waals surface area (Å²) in [4.78, 5) is 1.27. The van der Waals surface area contributed by atoms with Crippen LogP contribution in [0.5, 0.6) is 0 Å². The van der Waals surface area contributed by atoms with Gasteiger partial charge >= 0.3 is 0 Å². The van der Waals surface area contributed by atoms with Crippen molar-refractivity contribution in [3.63, 3.8) is 0 Å². The molecule has 1 N–H and O–H groups in total. The Morgan fingerprint density at radius 1 is 1.53 bits per heavy atom. The molecule has 92 valence electrons.